The van der Waals surface area contributed by atoms with E-state index in [0.717, 1.165) is 23.6 Å². The molecule has 0 saturated carbocycles. The molecule has 0 fully saturated rings. The van der Waals surface area contributed by atoms with Gasteiger partial charge in [-0.25, -0.2) is 9.59 Å². The van der Waals surface area contributed by atoms with Crippen LogP contribution in [-0.2, 0) is 16.0 Å². The lowest BCUT2D eigenvalue weighted by molar-refractivity contribution is -0.129. The van der Waals surface area contributed by atoms with E-state index < -0.39 is 11.9 Å². The number of hydrogen-bond donors (Lipinski definition) is 0. The molecule has 0 N–H and O–H groups in total. The molecule has 4 heteroatoms. The smallest absolute Gasteiger partial charge is 0.336 e. The van der Waals surface area contributed by atoms with Gasteiger partial charge in [-0.05, 0) is 54.0 Å². The lowest BCUT2D eigenvalue weighted by Crippen LogP contribution is -2.05. The van der Waals surface area contributed by atoms with E-state index in [2.05, 4.69) is 12.6 Å². The van der Waals surface area contributed by atoms with Crippen LogP contribution in [-0.4, -0.2) is 11.9 Å². The zero-order valence-corrected chi connectivity index (χ0v) is 13.3. The van der Waals surface area contributed by atoms with Gasteiger partial charge in [-0.3, -0.25) is 0 Å². The third-order valence-corrected chi connectivity index (χ3v) is 3.17. The van der Waals surface area contributed by atoms with Crippen molar-refractivity contribution in [3.63, 3.8) is 0 Å². The summed E-state index contributed by atoms with van der Waals surface area (Å²) in [6.45, 7) is 5.31. The summed E-state index contributed by atoms with van der Waals surface area (Å²) in [5, 5.41) is 0. The van der Waals surface area contributed by atoms with Gasteiger partial charge in [0, 0.05) is 12.2 Å². The Morgan fingerprint density at radius 3 is 2.54 bits per heavy atom. The Morgan fingerprint density at radius 2 is 1.88 bits per heavy atom. The summed E-state index contributed by atoms with van der Waals surface area (Å²) < 4.78 is 10.3. The van der Waals surface area contributed by atoms with Crippen LogP contribution in [0.4, 0.5) is 0 Å². The summed E-state index contributed by atoms with van der Waals surface area (Å²) in [4.78, 5) is 23.0. The predicted octanol–water partition coefficient (Wildman–Crippen LogP) is 3.76. The van der Waals surface area contributed by atoms with Crippen LogP contribution in [0.2, 0.25) is 0 Å². The minimum absolute atomic E-state index is 0.410. The van der Waals surface area contributed by atoms with Crippen molar-refractivity contribution in [1.29, 1.82) is 0 Å². The van der Waals surface area contributed by atoms with Crippen LogP contribution in [0.15, 0.2) is 61.2 Å². The van der Waals surface area contributed by atoms with Gasteiger partial charge in [-0.2, -0.15) is 0 Å². The highest BCUT2D eigenvalue weighted by molar-refractivity contribution is 5.89. The second-order valence-corrected chi connectivity index (χ2v) is 4.84. The lowest BCUT2D eigenvalue weighted by Gasteiger charge is -2.06. The molecule has 0 heterocycles. The van der Waals surface area contributed by atoms with E-state index in [1.54, 1.807) is 48.5 Å². The molecule has 2 aromatic rings. The lowest BCUT2D eigenvalue weighted by atomic mass is 10.1. The molecule has 0 aliphatic heterocycles. The Balaban J connectivity index is 1.98. The summed E-state index contributed by atoms with van der Waals surface area (Å²) in [6.07, 6.45) is 4.83. The first-order valence-electron chi connectivity index (χ1n) is 7.45. The topological polar surface area (TPSA) is 52.6 Å². The van der Waals surface area contributed by atoms with Gasteiger partial charge < -0.3 is 9.47 Å². The molecule has 0 spiro atoms. The van der Waals surface area contributed by atoms with Gasteiger partial charge >= 0.3 is 11.9 Å². The van der Waals surface area contributed by atoms with Crippen molar-refractivity contribution >= 4 is 18.0 Å². The average molecular weight is 321 g/mol. The van der Waals surface area contributed by atoms with Crippen LogP contribution in [0.25, 0.3) is 6.08 Å². The van der Waals surface area contributed by atoms with Crippen LogP contribution in [0.1, 0.15) is 18.1 Å². The van der Waals surface area contributed by atoms with Crippen molar-refractivity contribution in [2.45, 2.75) is 13.3 Å². The van der Waals surface area contributed by atoms with Gasteiger partial charge in [0.25, 0.3) is 0 Å². The van der Waals surface area contributed by atoms with E-state index in [1.165, 1.54) is 6.08 Å². The number of rotatable bonds is 6. The third kappa shape index (κ3) is 4.95. The Bertz CT molecular complexity index is 757. The van der Waals surface area contributed by atoms with E-state index in [-0.39, 0.29) is 0 Å². The van der Waals surface area contributed by atoms with E-state index >= 15 is 0 Å². The molecule has 24 heavy (non-hydrogen) atoms. The van der Waals surface area contributed by atoms with Crippen LogP contribution < -0.4 is 9.47 Å². The predicted molar refractivity (Wildman–Crippen MR) is 91.6 cm³/mol. The normalized spacial score (nSPS) is 10.4. The van der Waals surface area contributed by atoms with Gasteiger partial charge in [0.05, 0.1) is 0 Å². The summed E-state index contributed by atoms with van der Waals surface area (Å²) in [5.74, 6) is -0.0305. The molecular formula is C20H17O4. The van der Waals surface area contributed by atoms with Crippen molar-refractivity contribution in [3.8, 4) is 11.5 Å². The first-order chi connectivity index (χ1) is 11.6. The number of benzene rings is 2. The number of carbonyl (C=O) groups is 2. The first-order valence-corrected chi connectivity index (χ1v) is 7.45. The fourth-order valence-corrected chi connectivity index (χ4v) is 1.94. The fraction of sp³-hybridized carbons (Fsp3) is 0.100. The molecule has 2 rings (SSSR count). The molecule has 4 nitrogen and oxygen atoms in total. The molecule has 0 saturated heterocycles. The fourth-order valence-electron chi connectivity index (χ4n) is 1.94. The highest BCUT2D eigenvalue weighted by Crippen LogP contribution is 2.18. The Labute approximate surface area is 141 Å². The maximum atomic E-state index is 11.9. The van der Waals surface area contributed by atoms with Crippen LogP contribution >= 0.6 is 0 Å². The molecule has 0 aliphatic carbocycles. The van der Waals surface area contributed by atoms with E-state index in [4.69, 9.17) is 9.47 Å². The van der Waals surface area contributed by atoms with Crippen molar-refractivity contribution in [2.24, 2.45) is 0 Å². The minimum Gasteiger partial charge on any atom is -0.423 e. The molecule has 0 aliphatic rings. The van der Waals surface area contributed by atoms with Crippen molar-refractivity contribution in [1.82, 2.24) is 0 Å². The number of aryl methyl sites for hydroxylation is 1. The van der Waals surface area contributed by atoms with Crippen LogP contribution in [0.3, 0.4) is 0 Å². The second kappa shape index (κ2) is 8.48. The maximum absolute atomic E-state index is 11.9. The molecule has 2 aromatic carbocycles. The first kappa shape index (κ1) is 17.2. The van der Waals surface area contributed by atoms with Gasteiger partial charge in [0.1, 0.15) is 11.5 Å². The van der Waals surface area contributed by atoms with Crippen LogP contribution in [0, 0.1) is 6.07 Å². The molecule has 0 amide bonds. The van der Waals surface area contributed by atoms with Crippen LogP contribution in [0.5, 0.6) is 11.5 Å². The maximum Gasteiger partial charge on any atom is 0.336 e. The third-order valence-electron chi connectivity index (χ3n) is 3.17. The Hall–Kier alpha value is -3.14. The number of hydrogen-bond acceptors (Lipinski definition) is 4. The quantitative estimate of drug-likeness (QED) is 0.462. The Morgan fingerprint density at radius 1 is 1.12 bits per heavy atom. The zero-order valence-electron chi connectivity index (χ0n) is 13.3. The van der Waals surface area contributed by atoms with Gasteiger partial charge in [0.15, 0.2) is 0 Å². The molecular weight excluding hydrogens is 304 g/mol. The number of esters is 2. The molecule has 0 atom stereocenters. The summed E-state index contributed by atoms with van der Waals surface area (Å²) in [5.41, 5.74) is 1.70. The Kier molecular flexibility index (Phi) is 6.08. The van der Waals surface area contributed by atoms with Crippen molar-refractivity contribution < 1.29 is 19.1 Å². The largest absolute Gasteiger partial charge is 0.423 e. The highest BCUT2D eigenvalue weighted by atomic mass is 16.5. The summed E-state index contributed by atoms with van der Waals surface area (Å²) >= 11 is 0. The number of ether oxygens (including phenoxy) is 2. The van der Waals surface area contributed by atoms with Crippen molar-refractivity contribution in [2.75, 3.05) is 0 Å². The summed E-state index contributed by atoms with van der Waals surface area (Å²) in [7, 11) is 0. The van der Waals surface area contributed by atoms with E-state index in [9.17, 15) is 9.59 Å². The van der Waals surface area contributed by atoms with Gasteiger partial charge in [-0.1, -0.05) is 31.7 Å². The standard InChI is InChI=1S/C20H17O4/c1-3-16-7-5-6-8-18(16)24-20(22)14-11-15-9-12-17(13-10-15)23-19(21)4-2/h4,6-14H,2-3H2,1H3/b14-11+. The van der Waals surface area contributed by atoms with E-state index in [1.807, 2.05) is 6.92 Å². The van der Waals surface area contributed by atoms with Gasteiger partial charge in [-0.15, -0.1) is 0 Å². The van der Waals surface area contributed by atoms with Crippen molar-refractivity contribution in [3.05, 3.63) is 78.4 Å². The minimum atomic E-state index is -0.520. The number of carbonyl (C=O) groups excluding carboxylic acids is 2. The zero-order chi connectivity index (χ0) is 17.4. The summed E-state index contributed by atoms with van der Waals surface area (Å²) in [6, 6.07) is 14.9. The molecule has 0 bridgehead atoms. The highest BCUT2D eigenvalue weighted by Gasteiger charge is 2.05. The molecule has 0 unspecified atom stereocenters. The molecule has 1 radical (unpaired) electrons. The SMILES string of the molecule is C=CC(=O)Oc1ccc(/C=C/C(=O)Oc2cc[c]cc2CC)cc1. The molecule has 0 aromatic heterocycles. The molecule has 121 valence electrons. The average Bonchev–Trinajstić information content (AvgIpc) is 2.61. The van der Waals surface area contributed by atoms with Gasteiger partial charge in [0.2, 0.25) is 0 Å². The monoisotopic (exact) mass is 321 g/mol. The second-order valence-electron chi connectivity index (χ2n) is 4.84. The van der Waals surface area contributed by atoms with E-state index in [0.29, 0.717) is 11.5 Å².